The Bertz CT molecular complexity index is 1460. The largest absolute Gasteiger partial charge is 0.489 e. The number of hydrogen-bond donors (Lipinski definition) is 0. The second kappa shape index (κ2) is 7.66. The molecule has 1 fully saturated rings. The van der Waals surface area contributed by atoms with Gasteiger partial charge in [0.1, 0.15) is 12.4 Å². The lowest BCUT2D eigenvalue weighted by Gasteiger charge is -2.51. The summed E-state index contributed by atoms with van der Waals surface area (Å²) in [5.41, 5.74) is 5.55. The molecule has 1 saturated heterocycles. The lowest BCUT2D eigenvalue weighted by atomic mass is 9.48. The van der Waals surface area contributed by atoms with Gasteiger partial charge in [-0.3, -0.25) is 9.59 Å². The van der Waals surface area contributed by atoms with E-state index in [1.54, 1.807) is 0 Å². The first-order chi connectivity index (χ1) is 17.6. The summed E-state index contributed by atoms with van der Waals surface area (Å²) in [4.78, 5) is 29.6. The third-order valence-corrected chi connectivity index (χ3v) is 8.36. The van der Waals surface area contributed by atoms with Crippen LogP contribution < -0.4 is 9.64 Å². The van der Waals surface area contributed by atoms with Crippen molar-refractivity contribution >= 4 is 17.5 Å². The van der Waals surface area contributed by atoms with Crippen molar-refractivity contribution in [2.45, 2.75) is 25.4 Å². The van der Waals surface area contributed by atoms with Gasteiger partial charge < -0.3 is 4.74 Å². The Morgan fingerprint density at radius 2 is 1.28 bits per heavy atom. The van der Waals surface area contributed by atoms with Crippen LogP contribution in [0.5, 0.6) is 5.75 Å². The van der Waals surface area contributed by atoms with Gasteiger partial charge in [-0.25, -0.2) is 4.90 Å². The van der Waals surface area contributed by atoms with E-state index in [2.05, 4.69) is 24.3 Å². The zero-order valence-corrected chi connectivity index (χ0v) is 19.9. The third kappa shape index (κ3) is 2.75. The van der Waals surface area contributed by atoms with Crippen LogP contribution in [-0.2, 0) is 16.2 Å². The van der Waals surface area contributed by atoms with Crippen molar-refractivity contribution < 1.29 is 14.3 Å². The van der Waals surface area contributed by atoms with Gasteiger partial charge in [0, 0.05) is 11.8 Å². The molecular formula is C32H25NO3. The average molecular weight is 472 g/mol. The minimum absolute atomic E-state index is 0.112. The van der Waals surface area contributed by atoms with E-state index in [9.17, 15) is 9.59 Å². The average Bonchev–Trinajstić information content (AvgIpc) is 3.13. The standard InChI is InChI=1S/C32H25NO3/c1-32-28-25-13-7-5-11-23(25)27(24-12-6-8-14-26(24)28)29(32)30(34)33(31(32)35)21-15-17-22(18-16-21)36-19-20-9-3-2-4-10-20/h2-18,27-29H,19H2,1H3/t27?,28?,29-,32+/m1/s1. The van der Waals surface area contributed by atoms with Gasteiger partial charge in [-0.2, -0.15) is 0 Å². The zero-order valence-electron chi connectivity index (χ0n) is 19.9. The Morgan fingerprint density at radius 3 is 1.89 bits per heavy atom. The van der Waals surface area contributed by atoms with Crippen LogP contribution in [0.25, 0.3) is 0 Å². The summed E-state index contributed by atoms with van der Waals surface area (Å²) < 4.78 is 5.92. The van der Waals surface area contributed by atoms with Gasteiger partial charge in [0.2, 0.25) is 11.8 Å². The lowest BCUT2D eigenvalue weighted by Crippen LogP contribution is -2.49. The molecule has 4 aromatic rings. The molecule has 36 heavy (non-hydrogen) atoms. The Morgan fingerprint density at radius 1 is 0.722 bits per heavy atom. The normalized spacial score (nSPS) is 25.4. The molecule has 1 aliphatic heterocycles. The number of nitrogens with zero attached hydrogens (tertiary/aromatic N) is 1. The maximum Gasteiger partial charge on any atom is 0.241 e. The van der Waals surface area contributed by atoms with Crippen molar-refractivity contribution in [1.82, 2.24) is 0 Å². The van der Waals surface area contributed by atoms with Crippen LogP contribution in [0.15, 0.2) is 103 Å². The summed E-state index contributed by atoms with van der Waals surface area (Å²) in [5.74, 6) is -0.218. The van der Waals surface area contributed by atoms with Gasteiger partial charge in [-0.15, -0.1) is 0 Å². The summed E-state index contributed by atoms with van der Waals surface area (Å²) in [6.45, 7) is 2.46. The van der Waals surface area contributed by atoms with Crippen LogP contribution in [0.2, 0.25) is 0 Å². The molecule has 4 heteroatoms. The van der Waals surface area contributed by atoms with E-state index in [4.69, 9.17) is 4.74 Å². The van der Waals surface area contributed by atoms with Gasteiger partial charge in [0.05, 0.1) is 17.0 Å². The number of amides is 2. The molecule has 3 aliphatic carbocycles. The summed E-state index contributed by atoms with van der Waals surface area (Å²) in [6, 6.07) is 33.9. The third-order valence-electron chi connectivity index (χ3n) is 8.36. The minimum Gasteiger partial charge on any atom is -0.489 e. The van der Waals surface area contributed by atoms with E-state index >= 15 is 0 Å². The van der Waals surface area contributed by atoms with Crippen molar-refractivity contribution in [1.29, 1.82) is 0 Å². The highest BCUT2D eigenvalue weighted by atomic mass is 16.5. The van der Waals surface area contributed by atoms with Gasteiger partial charge in [0.15, 0.2) is 0 Å². The number of ether oxygens (including phenoxy) is 1. The number of benzene rings is 4. The zero-order chi connectivity index (χ0) is 24.4. The smallest absolute Gasteiger partial charge is 0.241 e. The molecule has 4 nitrogen and oxygen atoms in total. The molecule has 4 aliphatic rings. The Labute approximate surface area is 210 Å². The molecule has 2 amide bonds. The number of anilines is 1. The highest BCUT2D eigenvalue weighted by Crippen LogP contribution is 2.67. The van der Waals surface area contributed by atoms with Crippen molar-refractivity contribution in [2.75, 3.05) is 4.90 Å². The fraction of sp³-hybridized carbons (Fsp3) is 0.188. The monoisotopic (exact) mass is 471 g/mol. The first-order valence-electron chi connectivity index (χ1n) is 12.4. The van der Waals surface area contributed by atoms with Crippen LogP contribution >= 0.6 is 0 Å². The molecule has 0 N–H and O–H groups in total. The second-order valence-electron chi connectivity index (χ2n) is 10.2. The van der Waals surface area contributed by atoms with Crippen LogP contribution in [0.4, 0.5) is 5.69 Å². The number of carbonyl (C=O) groups excluding carboxylic acids is 2. The molecular weight excluding hydrogens is 446 g/mol. The summed E-state index contributed by atoms with van der Waals surface area (Å²) in [7, 11) is 0. The number of imide groups is 1. The SMILES string of the molecule is C[C@@]12C(=O)N(c3ccc(OCc4ccccc4)cc3)C(=O)[C@H]1C1c3ccccc3C2c2ccccc21. The Balaban J connectivity index is 1.25. The molecule has 0 unspecified atom stereocenters. The summed E-state index contributed by atoms with van der Waals surface area (Å²) in [5, 5.41) is 0. The number of carbonyl (C=O) groups is 2. The molecule has 0 saturated carbocycles. The molecule has 0 radical (unpaired) electrons. The predicted molar refractivity (Wildman–Crippen MR) is 138 cm³/mol. The fourth-order valence-corrected chi connectivity index (χ4v) is 6.79. The lowest BCUT2D eigenvalue weighted by molar-refractivity contribution is -0.128. The van der Waals surface area contributed by atoms with Crippen LogP contribution in [0.3, 0.4) is 0 Å². The molecule has 4 aromatic carbocycles. The van der Waals surface area contributed by atoms with Crippen LogP contribution in [0, 0.1) is 11.3 Å². The van der Waals surface area contributed by atoms with Gasteiger partial charge in [0.25, 0.3) is 0 Å². The first kappa shape index (κ1) is 21.1. The highest BCUT2D eigenvalue weighted by Gasteiger charge is 2.68. The van der Waals surface area contributed by atoms with E-state index in [1.807, 2.05) is 85.8 Å². The fourth-order valence-electron chi connectivity index (χ4n) is 6.79. The van der Waals surface area contributed by atoms with E-state index in [-0.39, 0.29) is 23.7 Å². The predicted octanol–water partition coefficient (Wildman–Crippen LogP) is 6.05. The van der Waals surface area contributed by atoms with Crippen molar-refractivity contribution in [3.8, 4) is 5.75 Å². The minimum atomic E-state index is -0.826. The van der Waals surface area contributed by atoms with Crippen molar-refractivity contribution in [3.63, 3.8) is 0 Å². The summed E-state index contributed by atoms with van der Waals surface area (Å²) >= 11 is 0. The second-order valence-corrected chi connectivity index (χ2v) is 10.2. The van der Waals surface area contributed by atoms with Crippen molar-refractivity contribution in [3.05, 3.63) is 131 Å². The number of hydrogen-bond acceptors (Lipinski definition) is 3. The Hall–Kier alpha value is -4.18. The van der Waals surface area contributed by atoms with E-state index in [1.165, 1.54) is 27.2 Å². The maximum absolute atomic E-state index is 14.2. The maximum atomic E-state index is 14.2. The molecule has 2 atom stereocenters. The van der Waals surface area contributed by atoms with E-state index < -0.39 is 11.3 Å². The van der Waals surface area contributed by atoms with E-state index in [0.29, 0.717) is 18.0 Å². The van der Waals surface area contributed by atoms with Crippen molar-refractivity contribution in [2.24, 2.45) is 11.3 Å². The molecule has 8 rings (SSSR count). The topological polar surface area (TPSA) is 46.6 Å². The molecule has 1 heterocycles. The Kier molecular flexibility index (Phi) is 4.50. The molecule has 176 valence electrons. The van der Waals surface area contributed by atoms with Gasteiger partial charge in [-0.1, -0.05) is 78.9 Å². The number of rotatable bonds is 4. The quantitative estimate of drug-likeness (QED) is 0.340. The summed E-state index contributed by atoms with van der Waals surface area (Å²) in [6.07, 6.45) is 0. The van der Waals surface area contributed by atoms with Crippen LogP contribution in [0.1, 0.15) is 46.6 Å². The highest BCUT2D eigenvalue weighted by molar-refractivity contribution is 6.25. The van der Waals surface area contributed by atoms with Crippen LogP contribution in [-0.4, -0.2) is 11.8 Å². The van der Waals surface area contributed by atoms with E-state index in [0.717, 1.165) is 5.56 Å². The molecule has 0 aromatic heterocycles. The first-order valence-corrected chi connectivity index (χ1v) is 12.4. The molecule has 0 spiro atoms. The van der Waals surface area contributed by atoms with Gasteiger partial charge >= 0.3 is 0 Å². The molecule has 2 bridgehead atoms. The van der Waals surface area contributed by atoms with Gasteiger partial charge in [-0.05, 0) is 59.0 Å².